The summed E-state index contributed by atoms with van der Waals surface area (Å²) in [6, 6.07) is 4.71. The second-order valence-electron chi connectivity index (χ2n) is 8.24. The van der Waals surface area contributed by atoms with Crippen molar-refractivity contribution >= 4 is 29.0 Å². The zero-order valence-electron chi connectivity index (χ0n) is 16.9. The highest BCUT2D eigenvalue weighted by Crippen LogP contribution is 2.36. The van der Waals surface area contributed by atoms with Crippen LogP contribution in [0.2, 0.25) is 0 Å². The number of rotatable bonds is 4. The van der Waals surface area contributed by atoms with Crippen molar-refractivity contribution in [1.29, 1.82) is 5.41 Å². The summed E-state index contributed by atoms with van der Waals surface area (Å²) in [6.45, 7) is 2.52. The smallest absolute Gasteiger partial charge is 0.182 e. The minimum atomic E-state index is -0.401. The maximum atomic E-state index is 14.4. The Labute approximate surface area is 174 Å². The summed E-state index contributed by atoms with van der Waals surface area (Å²) in [5.74, 6) is 0.374. The molecule has 2 saturated heterocycles. The average Bonchev–Trinajstić information content (AvgIpc) is 2.70. The summed E-state index contributed by atoms with van der Waals surface area (Å²) in [4.78, 5) is 10.9. The normalized spacial score (nSPS) is 22.8. The van der Waals surface area contributed by atoms with Crippen molar-refractivity contribution in [3.63, 3.8) is 0 Å². The Bertz CT molecular complexity index is 1100. The highest BCUT2D eigenvalue weighted by molar-refractivity contribution is 6.15. The van der Waals surface area contributed by atoms with Gasteiger partial charge in [-0.25, -0.2) is 18.9 Å². The number of nitrogens with two attached hydrogens (primary N) is 1. The summed E-state index contributed by atoms with van der Waals surface area (Å²) in [5.41, 5.74) is 8.50. The van der Waals surface area contributed by atoms with E-state index in [1.165, 1.54) is 12.4 Å². The Morgan fingerprint density at radius 2 is 2.10 bits per heavy atom. The van der Waals surface area contributed by atoms with Crippen molar-refractivity contribution in [3.8, 4) is 0 Å². The zero-order chi connectivity index (χ0) is 20.9. The SMILES string of the molecule is C[N+]1=CC(c2cc(C(=N)c3cc(N4CCCC5(CCO5)C4)ncn3)c(N)cc2F)=C1. The first kappa shape index (κ1) is 18.9. The molecule has 3 aliphatic heterocycles. The van der Waals surface area contributed by atoms with Gasteiger partial charge in [-0.15, -0.1) is 0 Å². The van der Waals surface area contributed by atoms with Gasteiger partial charge in [0, 0.05) is 42.4 Å². The topological polar surface area (TPSA) is 91.1 Å². The number of anilines is 2. The van der Waals surface area contributed by atoms with Crippen molar-refractivity contribution in [2.24, 2.45) is 0 Å². The number of allylic oxidation sites excluding steroid dienone is 1. The first-order chi connectivity index (χ1) is 14.4. The minimum Gasteiger partial charge on any atom is -0.398 e. The van der Waals surface area contributed by atoms with E-state index in [9.17, 15) is 4.39 Å². The molecule has 3 aliphatic rings. The monoisotopic (exact) mass is 407 g/mol. The molecule has 30 heavy (non-hydrogen) atoms. The zero-order valence-corrected chi connectivity index (χ0v) is 16.9. The van der Waals surface area contributed by atoms with Gasteiger partial charge in [0.2, 0.25) is 0 Å². The maximum absolute atomic E-state index is 14.4. The number of nitrogen functional groups attached to an aromatic ring is 1. The molecule has 1 unspecified atom stereocenters. The number of hydrogen-bond acceptors (Lipinski definition) is 6. The van der Waals surface area contributed by atoms with E-state index in [1.54, 1.807) is 6.07 Å². The van der Waals surface area contributed by atoms with Gasteiger partial charge in [-0.3, -0.25) is 5.41 Å². The molecule has 0 aliphatic carbocycles. The van der Waals surface area contributed by atoms with E-state index in [0.29, 0.717) is 16.8 Å². The largest absolute Gasteiger partial charge is 0.398 e. The fourth-order valence-electron chi connectivity index (χ4n) is 4.39. The van der Waals surface area contributed by atoms with Gasteiger partial charge in [-0.2, -0.15) is 0 Å². The number of aromatic nitrogens is 2. The van der Waals surface area contributed by atoms with Crippen LogP contribution in [-0.4, -0.2) is 58.8 Å². The Balaban J connectivity index is 1.44. The summed E-state index contributed by atoms with van der Waals surface area (Å²) in [5, 5.41) is 8.69. The minimum absolute atomic E-state index is 0.0483. The van der Waals surface area contributed by atoms with E-state index in [0.717, 1.165) is 50.3 Å². The van der Waals surface area contributed by atoms with Gasteiger partial charge in [0.05, 0.1) is 23.6 Å². The molecule has 1 spiro atoms. The van der Waals surface area contributed by atoms with Gasteiger partial charge in [0.15, 0.2) is 12.4 Å². The molecule has 0 saturated carbocycles. The quantitative estimate of drug-likeness (QED) is 0.462. The number of hydrogen-bond donors (Lipinski definition) is 2. The molecule has 0 radical (unpaired) electrons. The molecule has 8 heteroatoms. The molecule has 0 bridgehead atoms. The van der Waals surface area contributed by atoms with Crippen LogP contribution in [0.1, 0.15) is 36.1 Å². The summed E-state index contributed by atoms with van der Waals surface area (Å²) in [7, 11) is 1.88. The van der Waals surface area contributed by atoms with Crippen LogP contribution in [0.5, 0.6) is 0 Å². The molecule has 1 aromatic carbocycles. The van der Waals surface area contributed by atoms with Crippen LogP contribution in [0.15, 0.2) is 30.7 Å². The summed E-state index contributed by atoms with van der Waals surface area (Å²) >= 11 is 0. The van der Waals surface area contributed by atoms with Crippen LogP contribution in [-0.2, 0) is 4.74 Å². The number of nitrogens with one attached hydrogen (secondary N) is 1. The Morgan fingerprint density at radius 1 is 1.30 bits per heavy atom. The molecule has 1 atom stereocenters. The van der Waals surface area contributed by atoms with Crippen LogP contribution >= 0.6 is 0 Å². The van der Waals surface area contributed by atoms with Gasteiger partial charge in [-0.1, -0.05) is 0 Å². The molecule has 2 aromatic rings. The lowest BCUT2D eigenvalue weighted by molar-refractivity contribution is -0.423. The van der Waals surface area contributed by atoms with E-state index in [2.05, 4.69) is 14.9 Å². The van der Waals surface area contributed by atoms with E-state index in [4.69, 9.17) is 15.9 Å². The van der Waals surface area contributed by atoms with Crippen molar-refractivity contribution < 1.29 is 13.7 Å². The van der Waals surface area contributed by atoms with E-state index < -0.39 is 5.82 Å². The van der Waals surface area contributed by atoms with Gasteiger partial charge in [-0.05, 0) is 25.0 Å². The third-order valence-electron chi connectivity index (χ3n) is 6.14. The molecule has 4 heterocycles. The molecule has 2 fully saturated rings. The van der Waals surface area contributed by atoms with Crippen LogP contribution in [0.4, 0.5) is 15.9 Å². The highest BCUT2D eigenvalue weighted by Gasteiger charge is 2.42. The number of nitrogens with zero attached hydrogens (tertiary/aromatic N) is 4. The van der Waals surface area contributed by atoms with Crippen molar-refractivity contribution in [1.82, 2.24) is 9.97 Å². The highest BCUT2D eigenvalue weighted by atomic mass is 19.1. The van der Waals surface area contributed by atoms with Crippen LogP contribution < -0.4 is 10.6 Å². The van der Waals surface area contributed by atoms with E-state index in [1.807, 2.05) is 30.1 Å². The summed E-state index contributed by atoms with van der Waals surface area (Å²) in [6.07, 6.45) is 8.34. The molecular formula is C22H24FN6O+. The van der Waals surface area contributed by atoms with Crippen LogP contribution in [0, 0.1) is 11.2 Å². The fourth-order valence-corrected chi connectivity index (χ4v) is 4.39. The molecule has 5 rings (SSSR count). The Hall–Kier alpha value is -3.13. The Kier molecular flexibility index (Phi) is 4.39. The van der Waals surface area contributed by atoms with Gasteiger partial charge in [0.1, 0.15) is 30.6 Å². The second-order valence-corrected chi connectivity index (χ2v) is 8.24. The van der Waals surface area contributed by atoms with Gasteiger partial charge < -0.3 is 15.4 Å². The Morgan fingerprint density at radius 3 is 2.80 bits per heavy atom. The maximum Gasteiger partial charge on any atom is 0.182 e. The van der Waals surface area contributed by atoms with Gasteiger partial charge in [0.25, 0.3) is 0 Å². The lowest BCUT2D eigenvalue weighted by Gasteiger charge is -2.48. The van der Waals surface area contributed by atoms with E-state index >= 15 is 0 Å². The molecule has 154 valence electrons. The number of halogens is 1. The standard InChI is InChI=1S/C22H24FN6O/c1-28-10-14(11-28)15-7-16(18(24)8-17(15)23)21(25)19-9-20(27-13-26-19)29-5-2-3-22(12-29)4-6-30-22/h7-11,13,25H,2-6,12,24H2,1H3/q+1. The third-order valence-corrected chi connectivity index (χ3v) is 6.14. The first-order valence-corrected chi connectivity index (χ1v) is 10.1. The number of piperidine rings is 1. The molecule has 7 nitrogen and oxygen atoms in total. The molecule has 3 N–H and O–H groups in total. The predicted octanol–water partition coefficient (Wildman–Crippen LogP) is 2.44. The molecule has 0 amide bonds. The summed E-state index contributed by atoms with van der Waals surface area (Å²) < 4.78 is 22.1. The van der Waals surface area contributed by atoms with Crippen LogP contribution in [0.25, 0.3) is 5.57 Å². The van der Waals surface area contributed by atoms with Crippen molar-refractivity contribution in [2.45, 2.75) is 24.9 Å². The number of benzene rings is 1. The van der Waals surface area contributed by atoms with Gasteiger partial charge >= 0.3 is 0 Å². The average molecular weight is 407 g/mol. The number of ether oxygens (including phenoxy) is 1. The molecular weight excluding hydrogens is 383 g/mol. The van der Waals surface area contributed by atoms with Crippen LogP contribution in [0.3, 0.4) is 0 Å². The lowest BCUT2D eigenvalue weighted by Crippen LogP contribution is -2.56. The van der Waals surface area contributed by atoms with E-state index in [-0.39, 0.29) is 17.0 Å². The lowest BCUT2D eigenvalue weighted by atomic mass is 9.86. The molecule has 1 aromatic heterocycles. The van der Waals surface area contributed by atoms with Crippen molar-refractivity contribution in [2.75, 3.05) is 37.4 Å². The predicted molar refractivity (Wildman–Crippen MR) is 114 cm³/mol. The van der Waals surface area contributed by atoms with Crippen molar-refractivity contribution in [3.05, 3.63) is 53.4 Å². The third kappa shape index (κ3) is 3.17. The first-order valence-electron chi connectivity index (χ1n) is 10.1. The fraction of sp³-hybridized carbons (Fsp3) is 0.364. The second kappa shape index (κ2) is 6.98.